The van der Waals surface area contributed by atoms with Crippen molar-refractivity contribution < 1.29 is 14.7 Å². The summed E-state index contributed by atoms with van der Waals surface area (Å²) in [6.45, 7) is 1.99. The first kappa shape index (κ1) is 14.2. The average molecular weight is 249 g/mol. The summed E-state index contributed by atoms with van der Waals surface area (Å²) in [5, 5.41) is 11.7. The molecular formula is C14H19NO3. The van der Waals surface area contributed by atoms with Gasteiger partial charge < -0.3 is 10.4 Å². The van der Waals surface area contributed by atoms with Crippen LogP contribution in [0.25, 0.3) is 0 Å². The zero-order valence-electron chi connectivity index (χ0n) is 10.6. The van der Waals surface area contributed by atoms with Crippen LogP contribution in [0.1, 0.15) is 31.7 Å². The Bertz CT molecular complexity index is 389. The number of rotatable bonds is 7. The van der Waals surface area contributed by atoms with Gasteiger partial charge in [-0.15, -0.1) is 0 Å². The number of carboxylic acids is 1. The van der Waals surface area contributed by atoms with E-state index in [2.05, 4.69) is 5.32 Å². The van der Waals surface area contributed by atoms with E-state index < -0.39 is 12.0 Å². The van der Waals surface area contributed by atoms with Gasteiger partial charge in [-0.25, -0.2) is 4.79 Å². The smallest absolute Gasteiger partial charge is 0.326 e. The topological polar surface area (TPSA) is 66.4 Å². The minimum absolute atomic E-state index is 0.194. The highest BCUT2D eigenvalue weighted by Gasteiger charge is 2.19. The quantitative estimate of drug-likeness (QED) is 0.776. The van der Waals surface area contributed by atoms with Crippen LogP contribution in [-0.4, -0.2) is 23.0 Å². The van der Waals surface area contributed by atoms with E-state index in [0.29, 0.717) is 12.8 Å². The lowest BCUT2D eigenvalue weighted by atomic mass is 10.1. The maximum absolute atomic E-state index is 11.5. The standard InChI is InChI=1S/C14H19NO3/c1-2-3-9-13(16)15-12(14(17)18)10-11-7-5-4-6-8-11/h4-8,12H,2-3,9-10H2,1H3,(H,15,16)(H,17,18)/t12-/m0/s1. The minimum atomic E-state index is -0.997. The Labute approximate surface area is 107 Å². The van der Waals surface area contributed by atoms with Gasteiger partial charge in [0.25, 0.3) is 0 Å². The van der Waals surface area contributed by atoms with E-state index in [1.54, 1.807) is 0 Å². The molecule has 1 amide bonds. The van der Waals surface area contributed by atoms with Gasteiger partial charge in [-0.05, 0) is 12.0 Å². The highest BCUT2D eigenvalue weighted by Crippen LogP contribution is 2.04. The largest absolute Gasteiger partial charge is 0.480 e. The molecule has 0 spiro atoms. The lowest BCUT2D eigenvalue weighted by molar-refractivity contribution is -0.141. The molecule has 0 fully saturated rings. The first-order chi connectivity index (χ1) is 8.63. The van der Waals surface area contributed by atoms with Crippen LogP contribution >= 0.6 is 0 Å². The Balaban J connectivity index is 2.55. The van der Waals surface area contributed by atoms with Crippen molar-refractivity contribution in [1.82, 2.24) is 5.32 Å². The number of unbranched alkanes of at least 4 members (excludes halogenated alkanes) is 1. The van der Waals surface area contributed by atoms with Crippen LogP contribution in [0, 0.1) is 0 Å². The maximum Gasteiger partial charge on any atom is 0.326 e. The van der Waals surface area contributed by atoms with Crippen molar-refractivity contribution in [2.45, 2.75) is 38.6 Å². The predicted molar refractivity (Wildman–Crippen MR) is 69.2 cm³/mol. The first-order valence-corrected chi connectivity index (χ1v) is 6.19. The zero-order valence-corrected chi connectivity index (χ0v) is 10.6. The molecule has 0 saturated heterocycles. The van der Waals surface area contributed by atoms with Crippen molar-refractivity contribution >= 4 is 11.9 Å². The van der Waals surface area contributed by atoms with E-state index in [0.717, 1.165) is 18.4 Å². The Morgan fingerprint density at radius 1 is 1.28 bits per heavy atom. The lowest BCUT2D eigenvalue weighted by Gasteiger charge is -2.14. The van der Waals surface area contributed by atoms with Gasteiger partial charge in [-0.1, -0.05) is 43.7 Å². The Hall–Kier alpha value is -1.84. The van der Waals surface area contributed by atoms with E-state index in [4.69, 9.17) is 5.11 Å². The van der Waals surface area contributed by atoms with Gasteiger partial charge in [0.05, 0.1) is 0 Å². The molecule has 18 heavy (non-hydrogen) atoms. The van der Waals surface area contributed by atoms with Crippen LogP contribution < -0.4 is 5.32 Å². The van der Waals surface area contributed by atoms with Gasteiger partial charge in [-0.3, -0.25) is 4.79 Å². The second kappa shape index (κ2) is 7.48. The molecule has 4 heteroatoms. The second-order valence-corrected chi connectivity index (χ2v) is 4.25. The molecule has 0 aliphatic rings. The predicted octanol–water partition coefficient (Wildman–Crippen LogP) is 1.99. The molecule has 0 aromatic heterocycles. The minimum Gasteiger partial charge on any atom is -0.480 e. The highest BCUT2D eigenvalue weighted by molar-refractivity contribution is 5.83. The summed E-state index contributed by atoms with van der Waals surface area (Å²) >= 11 is 0. The van der Waals surface area contributed by atoms with Gasteiger partial charge in [0.1, 0.15) is 6.04 Å². The molecule has 1 atom stereocenters. The van der Waals surface area contributed by atoms with Crippen molar-refractivity contribution in [3.8, 4) is 0 Å². The van der Waals surface area contributed by atoms with Crippen LogP contribution in [0.5, 0.6) is 0 Å². The number of benzene rings is 1. The van der Waals surface area contributed by atoms with Gasteiger partial charge in [0, 0.05) is 12.8 Å². The SMILES string of the molecule is CCCCC(=O)N[C@@H](Cc1ccccc1)C(=O)O. The molecule has 0 bridgehead atoms. The molecule has 1 rings (SSSR count). The summed E-state index contributed by atoms with van der Waals surface area (Å²) in [6.07, 6.45) is 2.40. The molecule has 1 aromatic carbocycles. The lowest BCUT2D eigenvalue weighted by Crippen LogP contribution is -2.42. The van der Waals surface area contributed by atoms with E-state index in [1.807, 2.05) is 37.3 Å². The highest BCUT2D eigenvalue weighted by atomic mass is 16.4. The molecule has 0 aliphatic carbocycles. The summed E-state index contributed by atoms with van der Waals surface area (Å²) in [6, 6.07) is 8.44. The number of carboxylic acid groups (broad SMARTS) is 1. The number of hydrogen-bond donors (Lipinski definition) is 2. The molecule has 0 heterocycles. The molecule has 0 radical (unpaired) electrons. The van der Waals surface area contributed by atoms with Gasteiger partial charge in [0.2, 0.25) is 5.91 Å². The van der Waals surface area contributed by atoms with Crippen LogP contribution in [0.3, 0.4) is 0 Å². The first-order valence-electron chi connectivity index (χ1n) is 6.19. The molecular weight excluding hydrogens is 230 g/mol. The normalized spacial score (nSPS) is 11.8. The van der Waals surface area contributed by atoms with E-state index in [9.17, 15) is 9.59 Å². The van der Waals surface area contributed by atoms with E-state index >= 15 is 0 Å². The third kappa shape index (κ3) is 4.99. The van der Waals surface area contributed by atoms with Crippen molar-refractivity contribution in [3.05, 3.63) is 35.9 Å². The number of aliphatic carboxylic acids is 1. The zero-order chi connectivity index (χ0) is 13.4. The van der Waals surface area contributed by atoms with Crippen molar-refractivity contribution in [3.63, 3.8) is 0 Å². The van der Waals surface area contributed by atoms with Crippen molar-refractivity contribution in [1.29, 1.82) is 0 Å². The third-order valence-corrected chi connectivity index (χ3v) is 2.67. The fourth-order valence-electron chi connectivity index (χ4n) is 1.65. The Morgan fingerprint density at radius 2 is 1.94 bits per heavy atom. The second-order valence-electron chi connectivity index (χ2n) is 4.25. The van der Waals surface area contributed by atoms with Crippen molar-refractivity contribution in [2.24, 2.45) is 0 Å². The van der Waals surface area contributed by atoms with Crippen LogP contribution in [0.15, 0.2) is 30.3 Å². The number of carbonyl (C=O) groups excluding carboxylic acids is 1. The molecule has 98 valence electrons. The number of carbonyl (C=O) groups is 2. The monoisotopic (exact) mass is 249 g/mol. The average Bonchev–Trinajstić information content (AvgIpc) is 2.36. The third-order valence-electron chi connectivity index (χ3n) is 2.67. The molecule has 4 nitrogen and oxygen atoms in total. The Morgan fingerprint density at radius 3 is 2.50 bits per heavy atom. The Kier molecular flexibility index (Phi) is 5.91. The fraction of sp³-hybridized carbons (Fsp3) is 0.429. The summed E-state index contributed by atoms with van der Waals surface area (Å²) in [5.41, 5.74) is 0.903. The molecule has 1 aromatic rings. The molecule has 2 N–H and O–H groups in total. The summed E-state index contributed by atoms with van der Waals surface area (Å²) in [4.78, 5) is 22.6. The number of nitrogens with one attached hydrogen (secondary N) is 1. The molecule has 0 saturated carbocycles. The summed E-state index contributed by atoms with van der Waals surface area (Å²) in [5.74, 6) is -1.19. The van der Waals surface area contributed by atoms with Gasteiger partial charge in [-0.2, -0.15) is 0 Å². The van der Waals surface area contributed by atoms with E-state index in [-0.39, 0.29) is 5.91 Å². The van der Waals surface area contributed by atoms with E-state index in [1.165, 1.54) is 0 Å². The summed E-state index contributed by atoms with van der Waals surface area (Å²) < 4.78 is 0. The van der Waals surface area contributed by atoms with Crippen LogP contribution in [0.2, 0.25) is 0 Å². The molecule has 0 unspecified atom stereocenters. The molecule has 0 aliphatic heterocycles. The van der Waals surface area contributed by atoms with Gasteiger partial charge >= 0.3 is 5.97 Å². The van der Waals surface area contributed by atoms with Gasteiger partial charge in [0.15, 0.2) is 0 Å². The number of amides is 1. The fourth-order valence-corrected chi connectivity index (χ4v) is 1.65. The van der Waals surface area contributed by atoms with Crippen molar-refractivity contribution in [2.75, 3.05) is 0 Å². The van der Waals surface area contributed by atoms with Crippen LogP contribution in [0.4, 0.5) is 0 Å². The maximum atomic E-state index is 11.5. The summed E-state index contributed by atoms with van der Waals surface area (Å²) in [7, 11) is 0. The van der Waals surface area contributed by atoms with Crippen LogP contribution in [-0.2, 0) is 16.0 Å². The number of hydrogen-bond acceptors (Lipinski definition) is 2.